The summed E-state index contributed by atoms with van der Waals surface area (Å²) in [6.45, 7) is 2.59. The molecule has 0 heterocycles. The molecule has 0 atom stereocenters. The summed E-state index contributed by atoms with van der Waals surface area (Å²) in [6.07, 6.45) is 1.79. The van der Waals surface area contributed by atoms with Gasteiger partial charge < -0.3 is 4.74 Å². The second kappa shape index (κ2) is 6.39. The van der Waals surface area contributed by atoms with Gasteiger partial charge in [0.2, 0.25) is 0 Å². The maximum atomic E-state index is 10.6. The van der Waals surface area contributed by atoms with Crippen molar-refractivity contribution in [3.05, 3.63) is 64.2 Å². The fourth-order valence-corrected chi connectivity index (χ4v) is 1.98. The van der Waals surface area contributed by atoms with Gasteiger partial charge in [0.05, 0.1) is 5.02 Å². The van der Waals surface area contributed by atoms with E-state index in [1.165, 1.54) is 5.56 Å². The van der Waals surface area contributed by atoms with Crippen LogP contribution in [0.4, 0.5) is 0 Å². The van der Waals surface area contributed by atoms with Crippen molar-refractivity contribution < 1.29 is 9.53 Å². The predicted octanol–water partition coefficient (Wildman–Crippen LogP) is 4.29. The van der Waals surface area contributed by atoms with Gasteiger partial charge in [-0.05, 0) is 35.7 Å². The molecule has 0 aliphatic rings. The number of rotatable bonds is 5. The van der Waals surface area contributed by atoms with Crippen LogP contribution in [0, 0.1) is 0 Å². The van der Waals surface area contributed by atoms with Crippen molar-refractivity contribution in [3.8, 4) is 5.75 Å². The lowest BCUT2D eigenvalue weighted by molar-refractivity contribution is 0.112. The van der Waals surface area contributed by atoms with Crippen LogP contribution in [-0.4, -0.2) is 6.29 Å². The van der Waals surface area contributed by atoms with Gasteiger partial charge in [-0.15, -0.1) is 0 Å². The first-order valence-corrected chi connectivity index (χ1v) is 6.56. The lowest BCUT2D eigenvalue weighted by Crippen LogP contribution is -1.96. The fourth-order valence-electron chi connectivity index (χ4n) is 1.74. The summed E-state index contributed by atoms with van der Waals surface area (Å²) in [6, 6.07) is 13.3. The molecule has 2 nitrogen and oxygen atoms in total. The largest absolute Gasteiger partial charge is 0.487 e. The molecule has 0 bridgehead atoms. The first-order valence-electron chi connectivity index (χ1n) is 6.18. The molecule has 0 aliphatic heterocycles. The van der Waals surface area contributed by atoms with E-state index in [4.69, 9.17) is 16.3 Å². The van der Waals surface area contributed by atoms with Gasteiger partial charge in [0.15, 0.2) is 0 Å². The molecule has 0 aromatic heterocycles. The molecule has 0 radical (unpaired) electrons. The Kier molecular flexibility index (Phi) is 4.58. The van der Waals surface area contributed by atoms with E-state index < -0.39 is 0 Å². The molecule has 0 spiro atoms. The third-order valence-electron chi connectivity index (χ3n) is 2.92. The molecule has 0 amide bonds. The molecule has 2 aromatic carbocycles. The van der Waals surface area contributed by atoms with E-state index in [9.17, 15) is 4.79 Å². The monoisotopic (exact) mass is 274 g/mol. The van der Waals surface area contributed by atoms with E-state index in [0.29, 0.717) is 22.9 Å². The zero-order chi connectivity index (χ0) is 13.7. The Morgan fingerprint density at radius 2 is 1.79 bits per heavy atom. The van der Waals surface area contributed by atoms with E-state index in [0.717, 1.165) is 18.3 Å². The molecule has 2 rings (SSSR count). The summed E-state index contributed by atoms with van der Waals surface area (Å²) in [5, 5.41) is 0.453. The van der Waals surface area contributed by atoms with Gasteiger partial charge in [-0.25, -0.2) is 0 Å². The molecule has 0 fully saturated rings. The van der Waals surface area contributed by atoms with Crippen LogP contribution in [0.2, 0.25) is 5.02 Å². The molecule has 2 aromatic rings. The van der Waals surface area contributed by atoms with E-state index in [-0.39, 0.29) is 0 Å². The molecule has 0 aliphatic carbocycles. The van der Waals surface area contributed by atoms with Gasteiger partial charge in [0.25, 0.3) is 0 Å². The summed E-state index contributed by atoms with van der Waals surface area (Å²) in [7, 11) is 0. The third kappa shape index (κ3) is 3.58. The molecule has 3 heteroatoms. The molecule has 19 heavy (non-hydrogen) atoms. The van der Waals surface area contributed by atoms with Crippen molar-refractivity contribution >= 4 is 17.9 Å². The SMILES string of the molecule is CCc1ccc(COc2ccc(C=O)cc2Cl)cc1. The second-order valence-electron chi connectivity index (χ2n) is 4.27. The topological polar surface area (TPSA) is 26.3 Å². The first kappa shape index (κ1) is 13.6. The number of benzene rings is 2. The van der Waals surface area contributed by atoms with E-state index in [2.05, 4.69) is 19.1 Å². The van der Waals surface area contributed by atoms with Crippen molar-refractivity contribution in [2.45, 2.75) is 20.0 Å². The van der Waals surface area contributed by atoms with Crippen LogP contribution in [0.1, 0.15) is 28.4 Å². The van der Waals surface area contributed by atoms with Gasteiger partial charge in [-0.2, -0.15) is 0 Å². The van der Waals surface area contributed by atoms with Crippen molar-refractivity contribution in [3.63, 3.8) is 0 Å². The number of hydrogen-bond donors (Lipinski definition) is 0. The van der Waals surface area contributed by atoms with Gasteiger partial charge >= 0.3 is 0 Å². The van der Waals surface area contributed by atoms with Crippen molar-refractivity contribution in [1.29, 1.82) is 0 Å². The summed E-state index contributed by atoms with van der Waals surface area (Å²) in [5.41, 5.74) is 2.94. The molecular weight excluding hydrogens is 260 g/mol. The van der Waals surface area contributed by atoms with Crippen LogP contribution in [0.15, 0.2) is 42.5 Å². The van der Waals surface area contributed by atoms with Crippen molar-refractivity contribution in [2.24, 2.45) is 0 Å². The Hall–Kier alpha value is -1.80. The van der Waals surface area contributed by atoms with E-state index in [1.807, 2.05) is 12.1 Å². The number of carbonyl (C=O) groups excluding carboxylic acids is 1. The number of ether oxygens (including phenoxy) is 1. The summed E-state index contributed by atoms with van der Waals surface area (Å²) < 4.78 is 5.65. The fraction of sp³-hybridized carbons (Fsp3) is 0.188. The molecule has 0 saturated heterocycles. The van der Waals surface area contributed by atoms with Gasteiger partial charge in [-0.3, -0.25) is 4.79 Å². The van der Waals surface area contributed by atoms with Crippen LogP contribution < -0.4 is 4.74 Å². The highest BCUT2D eigenvalue weighted by atomic mass is 35.5. The van der Waals surface area contributed by atoms with Crippen LogP contribution in [0.3, 0.4) is 0 Å². The van der Waals surface area contributed by atoms with Crippen molar-refractivity contribution in [1.82, 2.24) is 0 Å². The van der Waals surface area contributed by atoms with E-state index >= 15 is 0 Å². The third-order valence-corrected chi connectivity index (χ3v) is 3.21. The average molecular weight is 275 g/mol. The Balaban J connectivity index is 2.03. The minimum atomic E-state index is 0.453. The summed E-state index contributed by atoms with van der Waals surface area (Å²) in [4.78, 5) is 10.6. The number of hydrogen-bond acceptors (Lipinski definition) is 2. The van der Waals surface area contributed by atoms with Crippen molar-refractivity contribution in [2.75, 3.05) is 0 Å². The lowest BCUT2D eigenvalue weighted by Gasteiger charge is -2.08. The van der Waals surface area contributed by atoms with Crippen LogP contribution in [0.25, 0.3) is 0 Å². The van der Waals surface area contributed by atoms with Gasteiger partial charge in [0.1, 0.15) is 18.6 Å². The van der Waals surface area contributed by atoms with E-state index in [1.54, 1.807) is 18.2 Å². The van der Waals surface area contributed by atoms with Crippen LogP contribution >= 0.6 is 11.6 Å². The molecule has 98 valence electrons. The minimum Gasteiger partial charge on any atom is -0.487 e. The van der Waals surface area contributed by atoms with Crippen LogP contribution in [0.5, 0.6) is 5.75 Å². The highest BCUT2D eigenvalue weighted by Crippen LogP contribution is 2.25. The van der Waals surface area contributed by atoms with Gasteiger partial charge in [-0.1, -0.05) is 42.8 Å². The number of aldehydes is 1. The smallest absolute Gasteiger partial charge is 0.150 e. The Bertz CT molecular complexity index is 561. The Morgan fingerprint density at radius 1 is 1.11 bits per heavy atom. The Labute approximate surface area is 118 Å². The zero-order valence-electron chi connectivity index (χ0n) is 10.7. The zero-order valence-corrected chi connectivity index (χ0v) is 11.5. The molecular formula is C16H15ClO2. The normalized spacial score (nSPS) is 10.2. The minimum absolute atomic E-state index is 0.453. The number of carbonyl (C=O) groups is 1. The molecule has 0 saturated carbocycles. The summed E-state index contributed by atoms with van der Waals surface area (Å²) in [5.74, 6) is 0.590. The highest BCUT2D eigenvalue weighted by Gasteiger charge is 2.03. The molecule has 0 unspecified atom stereocenters. The summed E-state index contributed by atoms with van der Waals surface area (Å²) >= 11 is 6.04. The number of aryl methyl sites for hydroxylation is 1. The quantitative estimate of drug-likeness (QED) is 0.760. The first-order chi connectivity index (χ1) is 9.22. The van der Waals surface area contributed by atoms with Crippen LogP contribution in [-0.2, 0) is 13.0 Å². The predicted molar refractivity (Wildman–Crippen MR) is 77.0 cm³/mol. The second-order valence-corrected chi connectivity index (χ2v) is 4.67. The number of halogens is 1. The lowest BCUT2D eigenvalue weighted by atomic mass is 10.1. The maximum absolute atomic E-state index is 10.6. The Morgan fingerprint density at radius 3 is 2.37 bits per heavy atom. The van der Waals surface area contributed by atoms with Gasteiger partial charge in [0, 0.05) is 5.56 Å². The maximum Gasteiger partial charge on any atom is 0.150 e. The highest BCUT2D eigenvalue weighted by molar-refractivity contribution is 6.32. The average Bonchev–Trinajstić information content (AvgIpc) is 2.46. The standard InChI is InChI=1S/C16H15ClO2/c1-2-12-3-5-13(6-4-12)11-19-16-8-7-14(10-18)9-15(16)17/h3-10H,2,11H2,1H3. The molecule has 0 N–H and O–H groups in total.